The van der Waals surface area contributed by atoms with Crippen LogP contribution in [0.4, 0.5) is 0 Å². The molecule has 1 aliphatic heterocycles. The number of aliphatic hydroxyl groups excluding tert-OH is 1. The van der Waals surface area contributed by atoms with E-state index in [0.29, 0.717) is 11.4 Å². The second-order valence-electron chi connectivity index (χ2n) is 8.95. The molecule has 0 bridgehead atoms. The van der Waals surface area contributed by atoms with Crippen LogP contribution in [-0.2, 0) is 9.53 Å². The van der Waals surface area contributed by atoms with Gasteiger partial charge in [-0.15, -0.1) is 0 Å². The van der Waals surface area contributed by atoms with Gasteiger partial charge in [0, 0.05) is 38.4 Å². The summed E-state index contributed by atoms with van der Waals surface area (Å²) in [5, 5.41) is 10.9. The van der Waals surface area contributed by atoms with Crippen molar-refractivity contribution in [2.75, 3.05) is 31.6 Å². The molecule has 5 nitrogen and oxygen atoms in total. The van der Waals surface area contributed by atoms with Crippen LogP contribution in [0, 0.1) is 5.92 Å². The van der Waals surface area contributed by atoms with Gasteiger partial charge in [0.1, 0.15) is 0 Å². The molecule has 0 spiro atoms. The molecule has 3 rings (SSSR count). The predicted octanol–water partition coefficient (Wildman–Crippen LogP) is 3.57. The number of carbonyl (C=O) groups is 1. The molecule has 2 atom stereocenters. The molecule has 0 aromatic heterocycles. The smallest absolute Gasteiger partial charge is 0.233 e. The highest BCUT2D eigenvalue weighted by molar-refractivity contribution is 9.09. The van der Waals surface area contributed by atoms with Gasteiger partial charge in [0.15, 0.2) is 0 Å². The maximum atomic E-state index is 12.7. The molecule has 3 aliphatic rings. The Labute approximate surface area is 179 Å². The van der Waals surface area contributed by atoms with Crippen molar-refractivity contribution in [3.05, 3.63) is 0 Å². The number of aliphatic hydroxyl groups is 1. The zero-order valence-electron chi connectivity index (χ0n) is 17.5. The van der Waals surface area contributed by atoms with Crippen LogP contribution in [0.3, 0.4) is 0 Å². The van der Waals surface area contributed by atoms with Crippen LogP contribution in [0.2, 0.25) is 0 Å². The molecule has 0 aromatic rings. The van der Waals surface area contributed by atoms with E-state index in [2.05, 4.69) is 32.7 Å². The molecular formula is C22H39BrN2O3. The first-order valence-electron chi connectivity index (χ1n) is 11.5. The third kappa shape index (κ3) is 5.71. The lowest BCUT2D eigenvalue weighted by Gasteiger charge is -2.47. The molecule has 0 radical (unpaired) electrons. The van der Waals surface area contributed by atoms with Gasteiger partial charge in [0.05, 0.1) is 17.5 Å². The summed E-state index contributed by atoms with van der Waals surface area (Å²) >= 11 is 3.37. The molecule has 162 valence electrons. The van der Waals surface area contributed by atoms with Crippen molar-refractivity contribution >= 4 is 21.8 Å². The summed E-state index contributed by atoms with van der Waals surface area (Å²) in [6, 6.07) is 1.01. The SMILES string of the molecule is CCOC[C@H]1CC[C@@H](N2CCC(N(C(=O)CBr)[C@@H]3CCCC[C@@H]3O)CC2)CC1. The van der Waals surface area contributed by atoms with Gasteiger partial charge in [-0.25, -0.2) is 0 Å². The van der Waals surface area contributed by atoms with E-state index < -0.39 is 0 Å². The number of hydrogen-bond donors (Lipinski definition) is 1. The minimum absolute atomic E-state index is 0.0179. The third-order valence-electron chi connectivity index (χ3n) is 7.24. The molecular weight excluding hydrogens is 420 g/mol. The van der Waals surface area contributed by atoms with E-state index in [1.165, 1.54) is 25.7 Å². The van der Waals surface area contributed by atoms with Crippen molar-refractivity contribution in [3.63, 3.8) is 0 Å². The number of nitrogens with zero attached hydrogens (tertiary/aromatic N) is 2. The summed E-state index contributed by atoms with van der Waals surface area (Å²) in [5.74, 6) is 0.898. The molecule has 3 fully saturated rings. The van der Waals surface area contributed by atoms with Gasteiger partial charge in [-0.3, -0.25) is 4.79 Å². The fraction of sp³-hybridized carbons (Fsp3) is 0.955. The second-order valence-corrected chi connectivity index (χ2v) is 9.52. The monoisotopic (exact) mass is 458 g/mol. The van der Waals surface area contributed by atoms with Gasteiger partial charge in [0.25, 0.3) is 0 Å². The van der Waals surface area contributed by atoms with E-state index in [1.807, 2.05) is 0 Å². The highest BCUT2D eigenvalue weighted by Gasteiger charge is 2.38. The second kappa shape index (κ2) is 11.3. The van der Waals surface area contributed by atoms with E-state index in [1.54, 1.807) is 0 Å². The summed E-state index contributed by atoms with van der Waals surface area (Å²) in [6.07, 6.45) is 10.9. The molecule has 1 amide bonds. The van der Waals surface area contributed by atoms with Crippen molar-refractivity contribution in [1.29, 1.82) is 0 Å². The largest absolute Gasteiger partial charge is 0.391 e. The zero-order chi connectivity index (χ0) is 19.9. The number of likely N-dealkylation sites (tertiary alicyclic amines) is 1. The van der Waals surface area contributed by atoms with E-state index in [-0.39, 0.29) is 24.1 Å². The first-order valence-corrected chi connectivity index (χ1v) is 12.6. The lowest BCUT2D eigenvalue weighted by atomic mass is 9.84. The lowest BCUT2D eigenvalue weighted by molar-refractivity contribution is -0.139. The van der Waals surface area contributed by atoms with E-state index >= 15 is 0 Å². The number of halogens is 1. The molecule has 0 aromatic carbocycles. The number of alkyl halides is 1. The quantitative estimate of drug-likeness (QED) is 0.592. The van der Waals surface area contributed by atoms with Gasteiger partial charge in [-0.05, 0) is 64.2 Å². The Morgan fingerprint density at radius 3 is 2.36 bits per heavy atom. The van der Waals surface area contributed by atoms with E-state index in [4.69, 9.17) is 4.74 Å². The third-order valence-corrected chi connectivity index (χ3v) is 7.72. The van der Waals surface area contributed by atoms with Gasteiger partial charge in [-0.1, -0.05) is 28.8 Å². The average molecular weight is 459 g/mol. The summed E-state index contributed by atoms with van der Waals surface area (Å²) in [7, 11) is 0. The fourth-order valence-corrected chi connectivity index (χ4v) is 5.92. The van der Waals surface area contributed by atoms with Crippen molar-refractivity contribution in [1.82, 2.24) is 9.80 Å². The van der Waals surface area contributed by atoms with Crippen LogP contribution < -0.4 is 0 Å². The van der Waals surface area contributed by atoms with Crippen LogP contribution >= 0.6 is 15.9 Å². The van der Waals surface area contributed by atoms with Crippen molar-refractivity contribution in [3.8, 4) is 0 Å². The maximum absolute atomic E-state index is 12.7. The molecule has 6 heteroatoms. The summed E-state index contributed by atoms with van der Waals surface area (Å²) < 4.78 is 5.62. The number of ether oxygens (including phenoxy) is 1. The van der Waals surface area contributed by atoms with Crippen LogP contribution in [0.15, 0.2) is 0 Å². The zero-order valence-corrected chi connectivity index (χ0v) is 19.1. The van der Waals surface area contributed by atoms with Gasteiger partial charge < -0.3 is 19.6 Å². The normalized spacial score (nSPS) is 33.0. The Morgan fingerprint density at radius 2 is 1.75 bits per heavy atom. The maximum Gasteiger partial charge on any atom is 0.233 e. The number of amides is 1. The molecule has 1 heterocycles. The van der Waals surface area contributed by atoms with Crippen LogP contribution in [0.5, 0.6) is 0 Å². The van der Waals surface area contributed by atoms with Crippen molar-refractivity contribution in [2.24, 2.45) is 5.92 Å². The number of piperidine rings is 1. The van der Waals surface area contributed by atoms with Crippen LogP contribution in [0.1, 0.15) is 71.1 Å². The van der Waals surface area contributed by atoms with E-state index in [9.17, 15) is 9.90 Å². The Kier molecular flexibility index (Phi) is 9.07. The summed E-state index contributed by atoms with van der Waals surface area (Å²) in [5.41, 5.74) is 0. The van der Waals surface area contributed by atoms with Gasteiger partial charge in [-0.2, -0.15) is 0 Å². The highest BCUT2D eigenvalue weighted by atomic mass is 79.9. The number of carbonyl (C=O) groups excluding carboxylic acids is 1. The van der Waals surface area contributed by atoms with Crippen LogP contribution in [-0.4, -0.2) is 76.7 Å². The van der Waals surface area contributed by atoms with E-state index in [0.717, 1.165) is 70.7 Å². The highest BCUT2D eigenvalue weighted by Crippen LogP contribution is 2.32. The summed E-state index contributed by atoms with van der Waals surface area (Å²) in [4.78, 5) is 17.4. The average Bonchev–Trinajstić information content (AvgIpc) is 2.74. The van der Waals surface area contributed by atoms with Crippen molar-refractivity contribution in [2.45, 2.75) is 95.4 Å². The molecule has 28 heavy (non-hydrogen) atoms. The number of rotatable bonds is 7. The van der Waals surface area contributed by atoms with Gasteiger partial charge >= 0.3 is 0 Å². The topological polar surface area (TPSA) is 53.0 Å². The Morgan fingerprint density at radius 1 is 1.07 bits per heavy atom. The first kappa shape index (κ1) is 22.5. The molecule has 1 N–H and O–H groups in total. The molecule has 2 aliphatic carbocycles. The van der Waals surface area contributed by atoms with Crippen molar-refractivity contribution < 1.29 is 14.6 Å². The minimum atomic E-state index is -0.351. The van der Waals surface area contributed by atoms with Crippen LogP contribution in [0.25, 0.3) is 0 Å². The Bertz CT molecular complexity index is 476. The van der Waals surface area contributed by atoms with Gasteiger partial charge in [0.2, 0.25) is 5.91 Å². The lowest BCUT2D eigenvalue weighted by Crippen LogP contribution is -2.57. The number of hydrogen-bond acceptors (Lipinski definition) is 4. The predicted molar refractivity (Wildman–Crippen MR) is 116 cm³/mol. The Balaban J connectivity index is 1.51. The minimum Gasteiger partial charge on any atom is -0.391 e. The summed E-state index contributed by atoms with van der Waals surface area (Å²) in [6.45, 7) is 6.00. The fourth-order valence-electron chi connectivity index (χ4n) is 5.63. The molecule has 1 saturated heterocycles. The first-order chi connectivity index (χ1) is 13.6. The Hall–Kier alpha value is -0.170. The molecule has 0 unspecified atom stereocenters. The standard InChI is InChI=1S/C22H39BrN2O3/c1-2-28-16-17-7-9-18(10-8-17)24-13-11-19(12-14-24)25(22(27)15-23)20-5-3-4-6-21(20)26/h17-21,26H,2-16H2,1H3/t17-,18+,20-,21+/m1/s1. The molecule has 2 saturated carbocycles.